The second kappa shape index (κ2) is 8.26. The molecule has 1 aromatic carbocycles. The third kappa shape index (κ3) is 4.59. The largest absolute Gasteiger partial charge is 0.383 e. The Kier molecular flexibility index (Phi) is 5.69. The van der Waals surface area contributed by atoms with E-state index in [2.05, 4.69) is 53.3 Å². The highest BCUT2D eigenvalue weighted by Crippen LogP contribution is 2.30. The van der Waals surface area contributed by atoms with E-state index in [1.54, 1.807) is 11.0 Å². The van der Waals surface area contributed by atoms with Gasteiger partial charge in [-0.15, -0.1) is 0 Å². The van der Waals surface area contributed by atoms with Crippen molar-refractivity contribution in [3.8, 4) is 0 Å². The summed E-state index contributed by atoms with van der Waals surface area (Å²) in [6.07, 6.45) is 7.53. The number of alkyl halides is 2. The maximum atomic E-state index is 13.6. The number of hydrogen-bond donors (Lipinski definition) is 2. The quantitative estimate of drug-likeness (QED) is 0.710. The number of allylic oxidation sites excluding steroid dienone is 2. The van der Waals surface area contributed by atoms with E-state index >= 15 is 0 Å². The molecule has 0 bridgehead atoms. The summed E-state index contributed by atoms with van der Waals surface area (Å²) >= 11 is 0. The average Bonchev–Trinajstić information content (AvgIpc) is 3.15. The topological polar surface area (TPSA) is 30.5 Å². The molecular formula is C24H30F2N4. The summed E-state index contributed by atoms with van der Waals surface area (Å²) < 4.78 is 27.2. The summed E-state index contributed by atoms with van der Waals surface area (Å²) in [5.41, 5.74) is 4.53. The third-order valence-corrected chi connectivity index (χ3v) is 5.92. The maximum absolute atomic E-state index is 13.6. The highest BCUT2D eigenvalue weighted by Gasteiger charge is 2.32. The third-order valence-electron chi connectivity index (χ3n) is 5.92. The van der Waals surface area contributed by atoms with Crippen molar-refractivity contribution in [3.05, 3.63) is 83.5 Å². The minimum Gasteiger partial charge on any atom is -0.383 e. The zero-order chi connectivity index (χ0) is 21.3. The molecule has 2 atom stereocenters. The average molecular weight is 413 g/mol. The van der Waals surface area contributed by atoms with E-state index in [1.165, 1.54) is 23.4 Å². The molecule has 0 aromatic heterocycles. The van der Waals surface area contributed by atoms with E-state index < -0.39 is 5.92 Å². The van der Waals surface area contributed by atoms with Crippen LogP contribution in [0.4, 0.5) is 8.78 Å². The van der Waals surface area contributed by atoms with Gasteiger partial charge in [0.2, 0.25) is 0 Å². The molecule has 160 valence electrons. The first-order valence-electron chi connectivity index (χ1n) is 10.6. The van der Waals surface area contributed by atoms with Crippen LogP contribution in [0.5, 0.6) is 0 Å². The molecule has 0 fully saturated rings. The van der Waals surface area contributed by atoms with Gasteiger partial charge in [0.15, 0.2) is 0 Å². The van der Waals surface area contributed by atoms with Gasteiger partial charge in [-0.2, -0.15) is 0 Å². The Morgan fingerprint density at radius 3 is 2.83 bits per heavy atom. The molecule has 4 rings (SSSR count). The summed E-state index contributed by atoms with van der Waals surface area (Å²) in [6.45, 7) is 11.2. The van der Waals surface area contributed by atoms with Crippen LogP contribution in [0.25, 0.3) is 0 Å². The molecule has 6 heteroatoms. The van der Waals surface area contributed by atoms with Crippen molar-refractivity contribution < 1.29 is 8.78 Å². The van der Waals surface area contributed by atoms with Crippen molar-refractivity contribution >= 4 is 0 Å². The Hall–Kier alpha value is -2.60. The summed E-state index contributed by atoms with van der Waals surface area (Å²) in [5, 5.41) is 6.73. The first-order chi connectivity index (χ1) is 14.3. The van der Waals surface area contributed by atoms with Crippen LogP contribution in [-0.4, -0.2) is 41.5 Å². The molecule has 2 N–H and O–H groups in total. The second-order valence-corrected chi connectivity index (χ2v) is 8.63. The van der Waals surface area contributed by atoms with Crippen LogP contribution in [0.15, 0.2) is 72.4 Å². The first kappa shape index (κ1) is 20.7. The highest BCUT2D eigenvalue weighted by atomic mass is 19.3. The molecule has 0 spiro atoms. The Labute approximate surface area is 177 Å². The summed E-state index contributed by atoms with van der Waals surface area (Å²) in [4.78, 5) is 4.27. The summed E-state index contributed by atoms with van der Waals surface area (Å²) in [7, 11) is 0. The molecule has 30 heavy (non-hydrogen) atoms. The fourth-order valence-corrected chi connectivity index (χ4v) is 4.20. The molecule has 2 unspecified atom stereocenters. The highest BCUT2D eigenvalue weighted by molar-refractivity contribution is 5.37. The first-order valence-corrected chi connectivity index (χ1v) is 10.6. The van der Waals surface area contributed by atoms with Gasteiger partial charge in [0.25, 0.3) is 5.92 Å². The molecule has 0 saturated carbocycles. The smallest absolute Gasteiger partial charge is 0.271 e. The predicted octanol–water partition coefficient (Wildman–Crippen LogP) is 3.97. The van der Waals surface area contributed by atoms with Crippen molar-refractivity contribution in [2.75, 3.05) is 19.6 Å². The second-order valence-electron chi connectivity index (χ2n) is 8.63. The van der Waals surface area contributed by atoms with Crippen LogP contribution < -0.4 is 10.6 Å². The lowest BCUT2D eigenvalue weighted by Crippen LogP contribution is -2.37. The minimum atomic E-state index is -2.85. The van der Waals surface area contributed by atoms with Crippen LogP contribution >= 0.6 is 0 Å². The number of rotatable bonds is 7. The molecule has 0 amide bonds. The molecule has 0 radical (unpaired) electrons. The van der Waals surface area contributed by atoms with Gasteiger partial charge in [0.05, 0.1) is 11.4 Å². The predicted molar refractivity (Wildman–Crippen MR) is 116 cm³/mol. The van der Waals surface area contributed by atoms with Crippen LogP contribution in [0.3, 0.4) is 0 Å². The number of nitrogens with one attached hydrogen (secondary N) is 2. The van der Waals surface area contributed by atoms with Gasteiger partial charge < -0.3 is 15.5 Å². The van der Waals surface area contributed by atoms with Crippen LogP contribution in [0, 0.1) is 5.92 Å². The van der Waals surface area contributed by atoms with E-state index in [-0.39, 0.29) is 11.7 Å². The zero-order valence-corrected chi connectivity index (χ0v) is 17.7. The maximum Gasteiger partial charge on any atom is 0.271 e. The van der Waals surface area contributed by atoms with Crippen molar-refractivity contribution in [1.29, 1.82) is 0 Å². The van der Waals surface area contributed by atoms with E-state index in [4.69, 9.17) is 0 Å². The van der Waals surface area contributed by atoms with Gasteiger partial charge in [0.1, 0.15) is 6.17 Å². The van der Waals surface area contributed by atoms with E-state index in [1.807, 2.05) is 6.20 Å². The van der Waals surface area contributed by atoms with E-state index in [9.17, 15) is 8.78 Å². The van der Waals surface area contributed by atoms with Crippen LogP contribution in [-0.2, 0) is 13.0 Å². The van der Waals surface area contributed by atoms with Crippen LogP contribution in [0.2, 0.25) is 0 Å². The Morgan fingerprint density at radius 2 is 2.07 bits per heavy atom. The van der Waals surface area contributed by atoms with Gasteiger partial charge in [-0.05, 0) is 29.5 Å². The molecule has 0 aliphatic carbocycles. The van der Waals surface area contributed by atoms with E-state index in [0.29, 0.717) is 5.92 Å². The van der Waals surface area contributed by atoms with Gasteiger partial charge in [-0.25, -0.2) is 8.78 Å². The van der Waals surface area contributed by atoms with Gasteiger partial charge in [-0.1, -0.05) is 43.8 Å². The Bertz CT molecular complexity index is 897. The molecule has 4 nitrogen and oxygen atoms in total. The fraction of sp³-hybridized carbons (Fsp3) is 0.417. The molecular weight excluding hydrogens is 382 g/mol. The van der Waals surface area contributed by atoms with E-state index in [0.717, 1.165) is 50.9 Å². The number of hydrogen-bond acceptors (Lipinski definition) is 4. The SMILES string of the molecule is C=C(NCC(C)CN1CCc2ccccc2C1)C1=CN2C=C(C(C)(F)F)C=CC2N1. The standard InChI is InChI=1S/C24H30F2N4/c1-17(13-29-11-10-19-6-4-5-7-20(19)14-29)12-27-18(2)22-16-30-15-21(24(3,25)26)8-9-23(30)28-22/h4-9,15-17,23,27-28H,2,10-14H2,1,3H3. The molecule has 3 heterocycles. The van der Waals surface area contributed by atoms with Gasteiger partial charge in [0, 0.05) is 51.1 Å². The lowest BCUT2D eigenvalue weighted by Gasteiger charge is -2.31. The van der Waals surface area contributed by atoms with Crippen LogP contribution in [0.1, 0.15) is 25.0 Å². The number of benzene rings is 1. The van der Waals surface area contributed by atoms with Crippen molar-refractivity contribution in [2.24, 2.45) is 5.92 Å². The molecule has 1 aromatic rings. The van der Waals surface area contributed by atoms with Gasteiger partial charge >= 0.3 is 0 Å². The van der Waals surface area contributed by atoms with Crippen molar-refractivity contribution in [2.45, 2.75) is 38.9 Å². The molecule has 3 aliphatic heterocycles. The monoisotopic (exact) mass is 412 g/mol. The molecule has 0 saturated heterocycles. The summed E-state index contributed by atoms with van der Waals surface area (Å²) in [6, 6.07) is 8.68. The van der Waals surface area contributed by atoms with Gasteiger partial charge in [-0.3, -0.25) is 4.90 Å². The van der Waals surface area contributed by atoms with Crippen molar-refractivity contribution in [1.82, 2.24) is 20.4 Å². The fourth-order valence-electron chi connectivity index (χ4n) is 4.20. The number of nitrogens with zero attached hydrogens (tertiary/aromatic N) is 2. The lowest BCUT2D eigenvalue weighted by molar-refractivity contribution is 0.0649. The summed E-state index contributed by atoms with van der Waals surface area (Å²) in [5.74, 6) is -2.39. The normalized spacial score (nSPS) is 21.9. The number of fused-ring (bicyclic) bond motifs is 2. The lowest BCUT2D eigenvalue weighted by atomic mass is 9.99. The zero-order valence-electron chi connectivity index (χ0n) is 17.7. The molecule has 3 aliphatic rings. The Morgan fingerprint density at radius 1 is 1.30 bits per heavy atom. The van der Waals surface area contributed by atoms with Crippen molar-refractivity contribution in [3.63, 3.8) is 0 Å². The Balaban J connectivity index is 1.27. The number of halogens is 2. The minimum absolute atomic E-state index is 0.00773.